The molecule has 0 radical (unpaired) electrons. The molecule has 0 spiro atoms. The Labute approximate surface area is 102 Å². The minimum Gasteiger partial charge on any atom is -0.377 e. The van der Waals surface area contributed by atoms with Crippen molar-refractivity contribution < 1.29 is 4.74 Å². The average molecular weight is 246 g/mol. The number of aromatic nitrogens is 2. The van der Waals surface area contributed by atoms with Crippen LogP contribution in [0.4, 0.5) is 0 Å². The van der Waals surface area contributed by atoms with Crippen LogP contribution in [0.1, 0.15) is 45.5 Å². The van der Waals surface area contributed by atoms with Crippen molar-refractivity contribution in [2.45, 2.75) is 45.9 Å². The molecule has 1 aromatic rings. The van der Waals surface area contributed by atoms with Gasteiger partial charge in [0.2, 0.25) is 0 Å². The molecule has 2 N–H and O–H groups in total. The van der Waals surface area contributed by atoms with Gasteiger partial charge in [-0.25, -0.2) is 0 Å². The van der Waals surface area contributed by atoms with Crippen LogP contribution in [-0.4, -0.2) is 22.5 Å². The van der Waals surface area contributed by atoms with E-state index in [0.717, 1.165) is 5.69 Å². The molecule has 1 unspecified atom stereocenters. The number of rotatable bonds is 5. The van der Waals surface area contributed by atoms with E-state index in [-0.39, 0.29) is 18.2 Å². The third-order valence-electron chi connectivity index (χ3n) is 2.24. The first-order valence-electron chi connectivity index (χ1n) is 5.53. The summed E-state index contributed by atoms with van der Waals surface area (Å²) >= 11 is 6.08. The van der Waals surface area contributed by atoms with Gasteiger partial charge in [0.05, 0.1) is 35.7 Å². The molecule has 4 nitrogen and oxygen atoms in total. The third kappa shape index (κ3) is 3.20. The Hall–Kier alpha value is -0.580. The van der Waals surface area contributed by atoms with Crippen LogP contribution in [0.25, 0.3) is 0 Å². The predicted molar refractivity (Wildman–Crippen MR) is 65.6 cm³/mol. The SMILES string of the molecule is CC(C)OCC(N)c1c(Cl)cnn1C(C)C. The molecule has 5 heteroatoms. The van der Waals surface area contributed by atoms with Crippen molar-refractivity contribution in [2.75, 3.05) is 6.61 Å². The largest absolute Gasteiger partial charge is 0.377 e. The van der Waals surface area contributed by atoms with Crippen molar-refractivity contribution in [1.29, 1.82) is 0 Å². The number of halogens is 1. The maximum Gasteiger partial charge on any atom is 0.0835 e. The minimum absolute atomic E-state index is 0.167. The summed E-state index contributed by atoms with van der Waals surface area (Å²) in [7, 11) is 0. The van der Waals surface area contributed by atoms with Gasteiger partial charge in [0.25, 0.3) is 0 Å². The van der Waals surface area contributed by atoms with Crippen molar-refractivity contribution in [2.24, 2.45) is 5.73 Å². The molecule has 92 valence electrons. The highest BCUT2D eigenvalue weighted by Gasteiger charge is 2.18. The molecule has 0 amide bonds. The van der Waals surface area contributed by atoms with Gasteiger partial charge in [0, 0.05) is 6.04 Å². The lowest BCUT2D eigenvalue weighted by atomic mass is 10.2. The van der Waals surface area contributed by atoms with Gasteiger partial charge < -0.3 is 10.5 Å². The van der Waals surface area contributed by atoms with E-state index in [9.17, 15) is 0 Å². The fourth-order valence-corrected chi connectivity index (χ4v) is 1.75. The Balaban J connectivity index is 2.81. The Morgan fingerprint density at radius 2 is 2.06 bits per heavy atom. The molecule has 0 saturated carbocycles. The second kappa shape index (κ2) is 5.66. The van der Waals surface area contributed by atoms with E-state index in [4.69, 9.17) is 22.1 Å². The topological polar surface area (TPSA) is 53.1 Å². The summed E-state index contributed by atoms with van der Waals surface area (Å²) in [5, 5.41) is 4.82. The van der Waals surface area contributed by atoms with Gasteiger partial charge in [-0.05, 0) is 27.7 Å². The molecule has 0 bridgehead atoms. The van der Waals surface area contributed by atoms with Crippen molar-refractivity contribution in [1.82, 2.24) is 9.78 Å². The fourth-order valence-electron chi connectivity index (χ4n) is 1.48. The number of hydrogen-bond acceptors (Lipinski definition) is 3. The van der Waals surface area contributed by atoms with Gasteiger partial charge in [0.15, 0.2) is 0 Å². The van der Waals surface area contributed by atoms with E-state index in [1.807, 2.05) is 32.4 Å². The second-order valence-electron chi connectivity index (χ2n) is 4.40. The summed E-state index contributed by atoms with van der Waals surface area (Å²) < 4.78 is 7.34. The molecule has 0 aliphatic rings. The molecule has 1 atom stereocenters. The monoisotopic (exact) mass is 245 g/mol. The normalized spacial score (nSPS) is 13.8. The highest BCUT2D eigenvalue weighted by Crippen LogP contribution is 2.24. The van der Waals surface area contributed by atoms with Crippen LogP contribution < -0.4 is 5.73 Å². The Morgan fingerprint density at radius 1 is 1.44 bits per heavy atom. The maximum absolute atomic E-state index is 6.08. The Kier molecular flexibility index (Phi) is 4.77. The molecule has 0 saturated heterocycles. The quantitative estimate of drug-likeness (QED) is 0.868. The highest BCUT2D eigenvalue weighted by molar-refractivity contribution is 6.31. The van der Waals surface area contributed by atoms with E-state index in [1.54, 1.807) is 6.20 Å². The summed E-state index contributed by atoms with van der Waals surface area (Å²) in [6.45, 7) is 8.50. The number of ether oxygens (including phenoxy) is 1. The van der Waals surface area contributed by atoms with Gasteiger partial charge >= 0.3 is 0 Å². The summed E-state index contributed by atoms with van der Waals surface area (Å²) in [4.78, 5) is 0. The zero-order chi connectivity index (χ0) is 12.3. The lowest BCUT2D eigenvalue weighted by molar-refractivity contribution is 0.0666. The van der Waals surface area contributed by atoms with E-state index in [2.05, 4.69) is 5.10 Å². The average Bonchev–Trinajstić information content (AvgIpc) is 2.56. The molecule has 0 aromatic carbocycles. The maximum atomic E-state index is 6.08. The minimum atomic E-state index is -0.236. The number of hydrogen-bond donors (Lipinski definition) is 1. The molecule has 0 aliphatic carbocycles. The Bertz CT molecular complexity index is 336. The molecule has 1 heterocycles. The second-order valence-corrected chi connectivity index (χ2v) is 4.81. The Morgan fingerprint density at radius 3 is 2.56 bits per heavy atom. The van der Waals surface area contributed by atoms with Crippen LogP contribution in [0.3, 0.4) is 0 Å². The lowest BCUT2D eigenvalue weighted by Crippen LogP contribution is -2.24. The van der Waals surface area contributed by atoms with Gasteiger partial charge in [-0.15, -0.1) is 0 Å². The lowest BCUT2D eigenvalue weighted by Gasteiger charge is -2.18. The van der Waals surface area contributed by atoms with E-state index >= 15 is 0 Å². The molecule has 0 aliphatic heterocycles. The first-order valence-corrected chi connectivity index (χ1v) is 5.91. The van der Waals surface area contributed by atoms with Crippen LogP contribution in [0.2, 0.25) is 5.02 Å². The van der Waals surface area contributed by atoms with Crippen molar-refractivity contribution >= 4 is 11.6 Å². The van der Waals surface area contributed by atoms with Crippen molar-refractivity contribution in [3.8, 4) is 0 Å². The van der Waals surface area contributed by atoms with E-state index in [1.165, 1.54) is 0 Å². The highest BCUT2D eigenvalue weighted by atomic mass is 35.5. The molecule has 1 aromatic heterocycles. The van der Waals surface area contributed by atoms with Gasteiger partial charge in [-0.1, -0.05) is 11.6 Å². The van der Waals surface area contributed by atoms with Crippen LogP contribution in [0, 0.1) is 0 Å². The summed E-state index contributed by atoms with van der Waals surface area (Å²) in [5.74, 6) is 0. The molecule has 0 fully saturated rings. The zero-order valence-corrected chi connectivity index (χ0v) is 11.0. The van der Waals surface area contributed by atoms with E-state index < -0.39 is 0 Å². The summed E-state index contributed by atoms with van der Waals surface area (Å²) in [5.41, 5.74) is 6.90. The van der Waals surface area contributed by atoms with Crippen molar-refractivity contribution in [3.05, 3.63) is 16.9 Å². The predicted octanol–water partition coefficient (Wildman–Crippen LogP) is 2.54. The van der Waals surface area contributed by atoms with E-state index in [0.29, 0.717) is 11.6 Å². The molecular formula is C11H20ClN3O. The zero-order valence-electron chi connectivity index (χ0n) is 10.3. The van der Waals surface area contributed by atoms with Crippen molar-refractivity contribution in [3.63, 3.8) is 0 Å². The first kappa shape index (κ1) is 13.5. The molecular weight excluding hydrogens is 226 g/mol. The third-order valence-corrected chi connectivity index (χ3v) is 2.53. The van der Waals surface area contributed by atoms with Crippen LogP contribution in [0.15, 0.2) is 6.20 Å². The first-order chi connectivity index (χ1) is 7.43. The summed E-state index contributed by atoms with van der Waals surface area (Å²) in [6.07, 6.45) is 1.80. The van der Waals surface area contributed by atoms with Gasteiger partial charge in [-0.2, -0.15) is 5.10 Å². The van der Waals surface area contributed by atoms with Crippen LogP contribution >= 0.6 is 11.6 Å². The number of nitrogens with zero attached hydrogens (tertiary/aromatic N) is 2. The smallest absolute Gasteiger partial charge is 0.0835 e. The van der Waals surface area contributed by atoms with Gasteiger partial charge in [0.1, 0.15) is 0 Å². The standard InChI is InChI=1S/C11H20ClN3O/c1-7(2)15-11(9(12)5-14-15)10(13)6-16-8(3)4/h5,7-8,10H,6,13H2,1-4H3. The summed E-state index contributed by atoms with van der Waals surface area (Å²) in [6, 6.07) is 0.00685. The number of nitrogens with two attached hydrogens (primary N) is 1. The molecule has 1 rings (SSSR count). The van der Waals surface area contributed by atoms with Gasteiger partial charge in [-0.3, -0.25) is 4.68 Å². The fraction of sp³-hybridized carbons (Fsp3) is 0.727. The molecule has 16 heavy (non-hydrogen) atoms. The van der Waals surface area contributed by atoms with Crippen LogP contribution in [0.5, 0.6) is 0 Å². The van der Waals surface area contributed by atoms with Crippen LogP contribution in [-0.2, 0) is 4.74 Å².